The Labute approximate surface area is 155 Å². The van der Waals surface area contributed by atoms with Crippen LogP contribution in [0.3, 0.4) is 0 Å². The van der Waals surface area contributed by atoms with Crippen molar-refractivity contribution in [1.82, 2.24) is 24.7 Å². The number of anilines is 1. The van der Waals surface area contributed by atoms with Gasteiger partial charge in [0.15, 0.2) is 11.5 Å². The zero-order valence-corrected chi connectivity index (χ0v) is 15.1. The molecule has 0 radical (unpaired) electrons. The van der Waals surface area contributed by atoms with E-state index < -0.39 is 11.7 Å². The van der Waals surface area contributed by atoms with Gasteiger partial charge in [0, 0.05) is 43.3 Å². The number of aromatic nitrogens is 4. The lowest BCUT2D eigenvalue weighted by Gasteiger charge is -2.18. The molecule has 1 aliphatic heterocycles. The summed E-state index contributed by atoms with van der Waals surface area (Å²) < 4.78 is 16.1. The smallest absolute Gasteiger partial charge is 0.252 e. The van der Waals surface area contributed by atoms with Gasteiger partial charge in [-0.3, -0.25) is 4.79 Å². The maximum Gasteiger partial charge on any atom is 0.252 e. The number of halogens is 1. The molecule has 0 bridgehead atoms. The fourth-order valence-corrected chi connectivity index (χ4v) is 3.41. The first-order chi connectivity index (χ1) is 13.0. The van der Waals surface area contributed by atoms with E-state index in [0.717, 1.165) is 19.5 Å². The van der Waals surface area contributed by atoms with E-state index in [0.29, 0.717) is 28.9 Å². The summed E-state index contributed by atoms with van der Waals surface area (Å²) in [4.78, 5) is 26.9. The monoisotopic (exact) mass is 369 g/mol. The van der Waals surface area contributed by atoms with Crippen LogP contribution in [0.4, 0.5) is 10.3 Å². The molecule has 3 N–H and O–H groups in total. The number of carbonyl (C=O) groups is 1. The average Bonchev–Trinajstić information content (AvgIpc) is 3.27. The minimum Gasteiger partial charge on any atom is -0.365 e. The summed E-state index contributed by atoms with van der Waals surface area (Å²) in [7, 11) is 1.92. The summed E-state index contributed by atoms with van der Waals surface area (Å²) in [5, 5.41) is 3.24. The van der Waals surface area contributed by atoms with E-state index >= 15 is 0 Å². The third kappa shape index (κ3) is 3.10. The summed E-state index contributed by atoms with van der Waals surface area (Å²) in [5.41, 5.74) is 7.33. The molecule has 1 fully saturated rings. The number of nitrogens with one attached hydrogen (secondary N) is 1. The maximum atomic E-state index is 14.5. The standard InChI is InChI=1S/C18H20FN7O/c1-10-7-26-8-11(5-14(19)17(26)23-10)15-13(16(20)27)6-22-18(24-15)25-4-3-12(9-25)21-2/h5-8,12,21H,3-4,9H2,1-2H3,(H2,20,27)/t12-/m1/s1. The lowest BCUT2D eigenvalue weighted by molar-refractivity contribution is 0.100. The van der Waals surface area contributed by atoms with E-state index in [1.165, 1.54) is 12.3 Å². The first-order valence-corrected chi connectivity index (χ1v) is 8.70. The van der Waals surface area contributed by atoms with Crippen LogP contribution in [-0.4, -0.2) is 51.4 Å². The molecular formula is C18H20FN7O. The van der Waals surface area contributed by atoms with Crippen LogP contribution in [0.25, 0.3) is 16.9 Å². The quantitative estimate of drug-likeness (QED) is 0.715. The summed E-state index contributed by atoms with van der Waals surface area (Å²) in [6.07, 6.45) is 5.79. The lowest BCUT2D eigenvalue weighted by atomic mass is 10.1. The van der Waals surface area contributed by atoms with Crippen molar-refractivity contribution < 1.29 is 9.18 Å². The lowest BCUT2D eigenvalue weighted by Crippen LogP contribution is -2.30. The van der Waals surface area contributed by atoms with E-state index in [4.69, 9.17) is 5.73 Å². The van der Waals surface area contributed by atoms with Crippen molar-refractivity contribution in [2.75, 3.05) is 25.0 Å². The van der Waals surface area contributed by atoms with E-state index in [2.05, 4.69) is 20.3 Å². The molecule has 1 saturated heterocycles. The fraction of sp³-hybridized carbons (Fsp3) is 0.333. The normalized spacial score (nSPS) is 17.0. The van der Waals surface area contributed by atoms with Crippen LogP contribution in [0.15, 0.2) is 24.7 Å². The van der Waals surface area contributed by atoms with Crippen molar-refractivity contribution >= 4 is 17.5 Å². The number of aryl methyl sites for hydroxylation is 1. The van der Waals surface area contributed by atoms with E-state index in [1.807, 2.05) is 11.9 Å². The van der Waals surface area contributed by atoms with Crippen LogP contribution in [0.5, 0.6) is 0 Å². The van der Waals surface area contributed by atoms with Crippen LogP contribution in [-0.2, 0) is 0 Å². The van der Waals surface area contributed by atoms with Crippen LogP contribution < -0.4 is 16.0 Å². The van der Waals surface area contributed by atoms with Gasteiger partial charge in [-0.25, -0.2) is 19.3 Å². The van der Waals surface area contributed by atoms with Crippen LogP contribution >= 0.6 is 0 Å². The number of hydrogen-bond donors (Lipinski definition) is 2. The van der Waals surface area contributed by atoms with Crippen molar-refractivity contribution in [2.24, 2.45) is 5.73 Å². The molecule has 0 aromatic carbocycles. The molecule has 0 aliphatic carbocycles. The Morgan fingerprint density at radius 2 is 2.19 bits per heavy atom. The number of amides is 1. The Hall–Kier alpha value is -3.07. The molecule has 0 spiro atoms. The number of primary amides is 1. The highest BCUT2D eigenvalue weighted by Crippen LogP contribution is 2.26. The number of fused-ring (bicyclic) bond motifs is 1. The maximum absolute atomic E-state index is 14.5. The summed E-state index contributed by atoms with van der Waals surface area (Å²) in [6.45, 7) is 3.35. The van der Waals surface area contributed by atoms with E-state index in [1.54, 1.807) is 23.7 Å². The second-order valence-electron chi connectivity index (χ2n) is 6.71. The Kier molecular flexibility index (Phi) is 4.23. The second kappa shape index (κ2) is 6.58. The molecule has 1 amide bonds. The zero-order valence-electron chi connectivity index (χ0n) is 15.1. The molecule has 140 valence electrons. The summed E-state index contributed by atoms with van der Waals surface area (Å²) in [6, 6.07) is 1.68. The highest BCUT2D eigenvalue weighted by Gasteiger charge is 2.25. The largest absolute Gasteiger partial charge is 0.365 e. The highest BCUT2D eigenvalue weighted by atomic mass is 19.1. The molecule has 27 heavy (non-hydrogen) atoms. The van der Waals surface area contributed by atoms with Gasteiger partial charge in [-0.05, 0) is 26.5 Å². The molecule has 3 aromatic heterocycles. The number of imidazole rings is 1. The van der Waals surface area contributed by atoms with Crippen LogP contribution in [0.2, 0.25) is 0 Å². The predicted molar refractivity (Wildman–Crippen MR) is 99.1 cm³/mol. The Balaban J connectivity index is 1.83. The minimum absolute atomic E-state index is 0.152. The molecule has 8 nitrogen and oxygen atoms in total. The van der Waals surface area contributed by atoms with Gasteiger partial charge in [-0.2, -0.15) is 0 Å². The number of likely N-dealkylation sites (N-methyl/N-ethyl adjacent to an activating group) is 1. The van der Waals surface area contributed by atoms with Crippen molar-refractivity contribution in [2.45, 2.75) is 19.4 Å². The molecule has 4 rings (SSSR count). The second-order valence-corrected chi connectivity index (χ2v) is 6.71. The van der Waals surface area contributed by atoms with Gasteiger partial charge >= 0.3 is 0 Å². The molecule has 3 aromatic rings. The van der Waals surface area contributed by atoms with Gasteiger partial charge in [0.2, 0.25) is 5.95 Å². The molecular weight excluding hydrogens is 349 g/mol. The van der Waals surface area contributed by atoms with E-state index in [9.17, 15) is 9.18 Å². The number of nitrogens with zero attached hydrogens (tertiary/aromatic N) is 5. The SMILES string of the molecule is CN[C@@H]1CCN(c2ncc(C(N)=O)c(-c3cc(F)c4nc(C)cn4c3)n2)C1. The molecule has 1 aliphatic rings. The summed E-state index contributed by atoms with van der Waals surface area (Å²) in [5.74, 6) is -0.656. The van der Waals surface area contributed by atoms with Crippen molar-refractivity contribution in [3.63, 3.8) is 0 Å². The molecule has 1 atom stereocenters. The van der Waals surface area contributed by atoms with Crippen LogP contribution in [0, 0.1) is 12.7 Å². The van der Waals surface area contributed by atoms with Gasteiger partial charge in [0.25, 0.3) is 5.91 Å². The number of carbonyl (C=O) groups excluding carboxylic acids is 1. The zero-order chi connectivity index (χ0) is 19.1. The minimum atomic E-state index is -0.659. The van der Waals surface area contributed by atoms with Gasteiger partial charge in [0.05, 0.1) is 17.0 Å². The predicted octanol–water partition coefficient (Wildman–Crippen LogP) is 1.14. The number of rotatable bonds is 4. The molecule has 0 saturated carbocycles. The Morgan fingerprint density at radius 1 is 1.37 bits per heavy atom. The van der Waals surface area contributed by atoms with Gasteiger partial charge in [-0.15, -0.1) is 0 Å². The van der Waals surface area contributed by atoms with Gasteiger partial charge in [0.1, 0.15) is 0 Å². The molecule has 4 heterocycles. The first kappa shape index (κ1) is 17.3. The number of pyridine rings is 1. The Bertz CT molecular complexity index is 1030. The van der Waals surface area contributed by atoms with Gasteiger partial charge in [-0.1, -0.05) is 0 Å². The van der Waals surface area contributed by atoms with Crippen molar-refractivity contribution in [3.05, 3.63) is 41.7 Å². The van der Waals surface area contributed by atoms with E-state index in [-0.39, 0.29) is 11.2 Å². The van der Waals surface area contributed by atoms with Gasteiger partial charge < -0.3 is 20.4 Å². The molecule has 0 unspecified atom stereocenters. The third-order valence-corrected chi connectivity index (χ3v) is 4.82. The fourth-order valence-electron chi connectivity index (χ4n) is 3.41. The topological polar surface area (TPSA) is 101 Å². The third-order valence-electron chi connectivity index (χ3n) is 4.82. The van der Waals surface area contributed by atoms with Crippen molar-refractivity contribution in [1.29, 1.82) is 0 Å². The number of hydrogen-bond acceptors (Lipinski definition) is 6. The van der Waals surface area contributed by atoms with Crippen LogP contribution in [0.1, 0.15) is 22.5 Å². The number of nitrogens with two attached hydrogens (primary N) is 1. The first-order valence-electron chi connectivity index (χ1n) is 8.70. The van der Waals surface area contributed by atoms with Crippen molar-refractivity contribution in [3.8, 4) is 11.3 Å². The summed E-state index contributed by atoms with van der Waals surface area (Å²) >= 11 is 0. The average molecular weight is 369 g/mol. The molecule has 9 heteroatoms. The Morgan fingerprint density at radius 3 is 2.89 bits per heavy atom. The highest BCUT2D eigenvalue weighted by molar-refractivity contribution is 5.98.